The Morgan fingerprint density at radius 1 is 1.27 bits per heavy atom. The molecular formula is C13H26N2. The van der Waals surface area contributed by atoms with E-state index < -0.39 is 0 Å². The van der Waals surface area contributed by atoms with Crippen LogP contribution in [0.1, 0.15) is 46.0 Å². The fourth-order valence-electron chi connectivity index (χ4n) is 2.86. The van der Waals surface area contributed by atoms with Gasteiger partial charge in [-0.15, -0.1) is 0 Å². The first-order valence-electron chi connectivity index (χ1n) is 6.66. The lowest BCUT2D eigenvalue weighted by Crippen LogP contribution is -2.42. The summed E-state index contributed by atoms with van der Waals surface area (Å²) >= 11 is 0. The zero-order chi connectivity index (χ0) is 10.8. The smallest absolute Gasteiger partial charge is 0.00793 e. The number of nitrogens with two attached hydrogens (primary N) is 1. The van der Waals surface area contributed by atoms with Crippen molar-refractivity contribution < 1.29 is 0 Å². The standard InChI is InChI=1S/C13H26N2/c1-10-5-7-15(11(2)9-10)8-6-13(14)12-3-4-12/h10-13H,3-9,14H2,1-2H3. The third-order valence-corrected chi connectivity index (χ3v) is 4.25. The van der Waals surface area contributed by atoms with Gasteiger partial charge in [0, 0.05) is 12.1 Å². The maximum Gasteiger partial charge on any atom is 0.00793 e. The molecule has 15 heavy (non-hydrogen) atoms. The number of hydrogen-bond donors (Lipinski definition) is 1. The first kappa shape index (κ1) is 11.4. The van der Waals surface area contributed by atoms with Crippen LogP contribution in [0.4, 0.5) is 0 Å². The number of hydrogen-bond acceptors (Lipinski definition) is 2. The van der Waals surface area contributed by atoms with Crippen LogP contribution in [-0.2, 0) is 0 Å². The molecule has 0 aromatic carbocycles. The van der Waals surface area contributed by atoms with Gasteiger partial charge in [-0.05, 0) is 64.0 Å². The van der Waals surface area contributed by atoms with E-state index in [1.807, 2.05) is 0 Å². The van der Waals surface area contributed by atoms with Gasteiger partial charge in [-0.25, -0.2) is 0 Å². The Hall–Kier alpha value is -0.0800. The van der Waals surface area contributed by atoms with E-state index in [1.165, 1.54) is 45.2 Å². The number of rotatable bonds is 4. The van der Waals surface area contributed by atoms with Crippen LogP contribution < -0.4 is 5.73 Å². The van der Waals surface area contributed by atoms with Gasteiger partial charge in [0.05, 0.1) is 0 Å². The fourth-order valence-corrected chi connectivity index (χ4v) is 2.86. The maximum absolute atomic E-state index is 6.14. The topological polar surface area (TPSA) is 29.3 Å². The first-order chi connectivity index (χ1) is 7.16. The van der Waals surface area contributed by atoms with Crippen molar-refractivity contribution >= 4 is 0 Å². The quantitative estimate of drug-likeness (QED) is 0.771. The lowest BCUT2D eigenvalue weighted by atomic mass is 9.93. The minimum Gasteiger partial charge on any atom is -0.327 e. The molecule has 88 valence electrons. The monoisotopic (exact) mass is 210 g/mol. The van der Waals surface area contributed by atoms with Crippen molar-refractivity contribution in [3.63, 3.8) is 0 Å². The van der Waals surface area contributed by atoms with Crippen molar-refractivity contribution in [3.8, 4) is 0 Å². The molecule has 2 N–H and O–H groups in total. The fraction of sp³-hybridized carbons (Fsp3) is 1.00. The van der Waals surface area contributed by atoms with Crippen molar-refractivity contribution in [3.05, 3.63) is 0 Å². The van der Waals surface area contributed by atoms with Gasteiger partial charge in [-0.1, -0.05) is 6.92 Å². The highest BCUT2D eigenvalue weighted by Crippen LogP contribution is 2.33. The summed E-state index contributed by atoms with van der Waals surface area (Å²) in [4.78, 5) is 2.64. The van der Waals surface area contributed by atoms with E-state index in [9.17, 15) is 0 Å². The highest BCUT2D eigenvalue weighted by Gasteiger charge is 2.29. The SMILES string of the molecule is CC1CCN(CCC(N)C2CC2)C(C)C1. The maximum atomic E-state index is 6.14. The molecule has 2 fully saturated rings. The highest BCUT2D eigenvalue weighted by molar-refractivity contribution is 4.85. The van der Waals surface area contributed by atoms with Crippen LogP contribution in [0.15, 0.2) is 0 Å². The molecule has 2 nitrogen and oxygen atoms in total. The van der Waals surface area contributed by atoms with Crippen molar-refractivity contribution in [2.75, 3.05) is 13.1 Å². The second-order valence-corrected chi connectivity index (χ2v) is 5.80. The Bertz CT molecular complexity index is 201. The Balaban J connectivity index is 1.69. The summed E-state index contributed by atoms with van der Waals surface area (Å²) < 4.78 is 0. The summed E-state index contributed by atoms with van der Waals surface area (Å²) in [5.41, 5.74) is 6.14. The molecule has 1 aliphatic carbocycles. The minimum absolute atomic E-state index is 0.483. The van der Waals surface area contributed by atoms with Crippen LogP contribution in [-0.4, -0.2) is 30.1 Å². The summed E-state index contributed by atoms with van der Waals surface area (Å²) in [5.74, 6) is 1.79. The molecule has 1 saturated heterocycles. The molecule has 0 radical (unpaired) electrons. The van der Waals surface area contributed by atoms with Gasteiger partial charge in [0.25, 0.3) is 0 Å². The molecule has 3 atom stereocenters. The molecule has 0 bridgehead atoms. The van der Waals surface area contributed by atoms with E-state index in [1.54, 1.807) is 0 Å². The van der Waals surface area contributed by atoms with Crippen LogP contribution in [0.25, 0.3) is 0 Å². The Morgan fingerprint density at radius 3 is 2.60 bits per heavy atom. The molecule has 0 amide bonds. The molecule has 2 aliphatic rings. The number of piperidine rings is 1. The molecule has 0 aromatic rings. The van der Waals surface area contributed by atoms with Crippen LogP contribution in [0.3, 0.4) is 0 Å². The summed E-state index contributed by atoms with van der Waals surface area (Å²) in [7, 11) is 0. The third kappa shape index (κ3) is 3.18. The van der Waals surface area contributed by atoms with Gasteiger partial charge in [0.1, 0.15) is 0 Å². The lowest BCUT2D eigenvalue weighted by molar-refractivity contribution is 0.125. The van der Waals surface area contributed by atoms with Gasteiger partial charge in [-0.2, -0.15) is 0 Å². The van der Waals surface area contributed by atoms with Crippen molar-refractivity contribution in [2.24, 2.45) is 17.6 Å². The molecule has 1 heterocycles. The Labute approximate surface area is 94.2 Å². The van der Waals surface area contributed by atoms with Crippen molar-refractivity contribution in [2.45, 2.75) is 58.0 Å². The summed E-state index contributed by atoms with van der Waals surface area (Å²) in [6.45, 7) is 7.27. The summed E-state index contributed by atoms with van der Waals surface area (Å²) in [5, 5.41) is 0. The zero-order valence-electron chi connectivity index (χ0n) is 10.3. The van der Waals surface area contributed by atoms with E-state index in [4.69, 9.17) is 5.73 Å². The van der Waals surface area contributed by atoms with E-state index >= 15 is 0 Å². The number of nitrogens with zero attached hydrogens (tertiary/aromatic N) is 1. The van der Waals surface area contributed by atoms with Crippen molar-refractivity contribution in [1.29, 1.82) is 0 Å². The molecule has 2 heteroatoms. The van der Waals surface area contributed by atoms with Gasteiger partial charge < -0.3 is 10.6 Å². The molecule has 0 spiro atoms. The average Bonchev–Trinajstić information content (AvgIpc) is 2.99. The van der Waals surface area contributed by atoms with Crippen LogP contribution in [0, 0.1) is 11.8 Å². The largest absolute Gasteiger partial charge is 0.327 e. The van der Waals surface area contributed by atoms with Crippen LogP contribution in [0.5, 0.6) is 0 Å². The highest BCUT2D eigenvalue weighted by atomic mass is 15.2. The molecular weight excluding hydrogens is 184 g/mol. The van der Waals surface area contributed by atoms with E-state index in [0.29, 0.717) is 6.04 Å². The van der Waals surface area contributed by atoms with Gasteiger partial charge in [-0.3, -0.25) is 0 Å². The first-order valence-corrected chi connectivity index (χ1v) is 6.66. The van der Waals surface area contributed by atoms with E-state index in [2.05, 4.69) is 18.7 Å². The Kier molecular flexibility index (Phi) is 3.68. The Morgan fingerprint density at radius 2 is 2.00 bits per heavy atom. The van der Waals surface area contributed by atoms with Crippen LogP contribution in [0.2, 0.25) is 0 Å². The second kappa shape index (κ2) is 4.84. The normalized spacial score (nSPS) is 35.4. The molecule has 1 saturated carbocycles. The molecule has 1 aliphatic heterocycles. The summed E-state index contributed by atoms with van der Waals surface area (Å²) in [6.07, 6.45) is 6.73. The lowest BCUT2D eigenvalue weighted by Gasteiger charge is -2.37. The van der Waals surface area contributed by atoms with Gasteiger partial charge >= 0.3 is 0 Å². The molecule has 2 rings (SSSR count). The molecule has 0 aromatic heterocycles. The van der Waals surface area contributed by atoms with Gasteiger partial charge in [0.15, 0.2) is 0 Å². The average molecular weight is 210 g/mol. The second-order valence-electron chi connectivity index (χ2n) is 5.80. The predicted molar refractivity (Wildman–Crippen MR) is 64.7 cm³/mol. The summed E-state index contributed by atoms with van der Waals surface area (Å²) in [6, 6.07) is 1.26. The zero-order valence-corrected chi connectivity index (χ0v) is 10.3. The van der Waals surface area contributed by atoms with E-state index in [0.717, 1.165) is 17.9 Å². The predicted octanol–water partition coefficient (Wildman–Crippen LogP) is 2.23. The van der Waals surface area contributed by atoms with E-state index in [-0.39, 0.29) is 0 Å². The molecule has 3 unspecified atom stereocenters. The van der Waals surface area contributed by atoms with Crippen LogP contribution >= 0.6 is 0 Å². The third-order valence-electron chi connectivity index (χ3n) is 4.25. The minimum atomic E-state index is 0.483. The van der Waals surface area contributed by atoms with Crippen molar-refractivity contribution in [1.82, 2.24) is 4.90 Å². The number of likely N-dealkylation sites (tertiary alicyclic amines) is 1. The van der Waals surface area contributed by atoms with Gasteiger partial charge in [0.2, 0.25) is 0 Å².